The van der Waals surface area contributed by atoms with Crippen LogP contribution < -0.4 is 15.2 Å². The van der Waals surface area contributed by atoms with Gasteiger partial charge in [0.15, 0.2) is 11.5 Å². The second-order valence-corrected chi connectivity index (χ2v) is 10.4. The molecule has 0 radical (unpaired) electrons. The summed E-state index contributed by atoms with van der Waals surface area (Å²) >= 11 is 0. The summed E-state index contributed by atoms with van der Waals surface area (Å²) in [6, 6.07) is 4.18. The minimum atomic E-state index is -1.82. The van der Waals surface area contributed by atoms with Gasteiger partial charge in [0.05, 0.1) is 19.1 Å². The molecule has 0 heterocycles. The summed E-state index contributed by atoms with van der Waals surface area (Å²) in [7, 11) is 0. The van der Waals surface area contributed by atoms with E-state index < -0.39 is 35.9 Å². The molecule has 0 fully saturated rings. The van der Waals surface area contributed by atoms with Crippen molar-refractivity contribution in [1.29, 1.82) is 0 Å². The van der Waals surface area contributed by atoms with E-state index in [1.165, 1.54) is 18.2 Å². The van der Waals surface area contributed by atoms with Crippen LogP contribution >= 0.6 is 0 Å². The first kappa shape index (κ1) is 33.7. The van der Waals surface area contributed by atoms with Crippen LogP contribution in [0, 0.1) is 17.8 Å². The van der Waals surface area contributed by atoms with Gasteiger partial charge in [-0.2, -0.15) is 0 Å². The van der Waals surface area contributed by atoms with Crippen LogP contribution in [0.4, 0.5) is 9.59 Å². The Kier molecular flexibility index (Phi) is 13.8. The molecule has 0 aliphatic heterocycles. The largest absolute Gasteiger partial charge is 0.513 e. The number of carboxylic acid groups (broad SMARTS) is 1. The zero-order chi connectivity index (χ0) is 29.8. The lowest BCUT2D eigenvalue weighted by atomic mass is 9.86. The lowest BCUT2D eigenvalue weighted by Gasteiger charge is -2.28. The van der Waals surface area contributed by atoms with E-state index in [1.54, 1.807) is 20.8 Å². The number of hydrogen-bond donors (Lipinski definition) is 2. The van der Waals surface area contributed by atoms with Crippen molar-refractivity contribution in [3.8, 4) is 11.5 Å². The zero-order valence-corrected chi connectivity index (χ0v) is 24.0. The Labute approximate surface area is 230 Å². The van der Waals surface area contributed by atoms with Gasteiger partial charge in [0, 0.05) is 12.8 Å². The van der Waals surface area contributed by atoms with Crippen LogP contribution in [-0.4, -0.2) is 54.2 Å². The van der Waals surface area contributed by atoms with Crippen LogP contribution in [-0.2, 0) is 30.2 Å². The van der Waals surface area contributed by atoms with Gasteiger partial charge in [-0.1, -0.05) is 60.5 Å². The highest BCUT2D eigenvalue weighted by Crippen LogP contribution is 2.31. The van der Waals surface area contributed by atoms with Crippen LogP contribution in [0.2, 0.25) is 0 Å². The van der Waals surface area contributed by atoms with Crippen molar-refractivity contribution < 1.29 is 48.0 Å². The first-order chi connectivity index (χ1) is 18.2. The number of hydrogen-bond acceptors (Lipinski definition) is 10. The maximum atomic E-state index is 12.3. The molecule has 0 aromatic heterocycles. The quantitative estimate of drug-likeness (QED) is 0.169. The number of esters is 1. The van der Waals surface area contributed by atoms with Gasteiger partial charge >= 0.3 is 24.2 Å². The molecular formula is C28H43NO10. The molecular weight excluding hydrogens is 510 g/mol. The summed E-state index contributed by atoms with van der Waals surface area (Å²) in [5, 5.41) is 9.89. The molecule has 0 bridgehead atoms. The van der Waals surface area contributed by atoms with Gasteiger partial charge in [-0.25, -0.2) is 9.59 Å². The van der Waals surface area contributed by atoms with Crippen LogP contribution in [0.5, 0.6) is 11.5 Å². The summed E-state index contributed by atoms with van der Waals surface area (Å²) in [5.74, 6) is -2.21. The van der Waals surface area contributed by atoms with Crippen molar-refractivity contribution in [1.82, 2.24) is 0 Å². The van der Waals surface area contributed by atoms with E-state index in [9.17, 15) is 24.3 Å². The molecule has 11 nitrogen and oxygen atoms in total. The number of carbonyl (C=O) groups excluding carboxylic acids is 3. The Morgan fingerprint density at radius 2 is 1.38 bits per heavy atom. The Balaban J connectivity index is 3.18. The number of ether oxygens (including phenoxy) is 5. The van der Waals surface area contributed by atoms with E-state index in [-0.39, 0.29) is 55.3 Å². The van der Waals surface area contributed by atoms with Crippen LogP contribution in [0.15, 0.2) is 18.2 Å². The average Bonchev–Trinajstić information content (AvgIpc) is 2.86. The third-order valence-electron chi connectivity index (χ3n) is 6.15. The fourth-order valence-corrected chi connectivity index (χ4v) is 3.21. The smallest absolute Gasteiger partial charge is 0.480 e. The minimum absolute atomic E-state index is 0.107. The number of carbonyl (C=O) groups is 4. The van der Waals surface area contributed by atoms with Crippen LogP contribution in [0.1, 0.15) is 73.3 Å². The molecule has 220 valence electrons. The van der Waals surface area contributed by atoms with Gasteiger partial charge in [-0.15, -0.1) is 0 Å². The summed E-state index contributed by atoms with van der Waals surface area (Å²) in [6.07, 6.45) is -1.56. The fourth-order valence-electron chi connectivity index (χ4n) is 3.21. The lowest BCUT2D eigenvalue weighted by molar-refractivity contribution is -0.156. The molecule has 11 heteroatoms. The predicted molar refractivity (Wildman–Crippen MR) is 143 cm³/mol. The molecule has 0 spiro atoms. The molecule has 1 rings (SSSR count). The van der Waals surface area contributed by atoms with Crippen molar-refractivity contribution in [2.45, 2.75) is 85.8 Å². The molecule has 4 atom stereocenters. The Morgan fingerprint density at radius 1 is 0.872 bits per heavy atom. The molecule has 0 aliphatic rings. The second-order valence-electron chi connectivity index (χ2n) is 10.4. The van der Waals surface area contributed by atoms with Gasteiger partial charge < -0.3 is 34.5 Å². The van der Waals surface area contributed by atoms with Crippen molar-refractivity contribution in [2.24, 2.45) is 23.5 Å². The molecule has 0 amide bonds. The molecule has 0 aliphatic carbocycles. The van der Waals surface area contributed by atoms with Crippen molar-refractivity contribution >= 4 is 24.2 Å². The van der Waals surface area contributed by atoms with Crippen LogP contribution in [0.25, 0.3) is 0 Å². The van der Waals surface area contributed by atoms with E-state index in [1.807, 2.05) is 27.7 Å². The number of aliphatic carboxylic acids is 1. The van der Waals surface area contributed by atoms with Gasteiger partial charge in [-0.05, 0) is 36.5 Å². The number of carboxylic acids is 1. The van der Waals surface area contributed by atoms with E-state index in [2.05, 4.69) is 0 Å². The molecule has 1 aromatic carbocycles. The maximum Gasteiger partial charge on any atom is 0.513 e. The molecule has 0 saturated carbocycles. The molecule has 39 heavy (non-hydrogen) atoms. The predicted octanol–water partition coefficient (Wildman–Crippen LogP) is 5.11. The highest BCUT2D eigenvalue weighted by atomic mass is 16.7. The van der Waals surface area contributed by atoms with Gasteiger partial charge in [-0.3, -0.25) is 9.59 Å². The third kappa shape index (κ3) is 11.9. The standard InChI is InChI=1S/C28H43NO10/c1-8-18(5)15-35-26(33)38-22-11-10-21(12-23(22)39-27(34)36-16-19(6)9-2)14-28(29,25(31)32)13-20(7)37-24(30)17(3)4/h10-12,17-20H,8-9,13-16,29H2,1-7H3,(H,31,32)/t18?,19?,20-,28?/m0/s1. The van der Waals surface area contributed by atoms with E-state index >= 15 is 0 Å². The lowest BCUT2D eigenvalue weighted by Crippen LogP contribution is -2.52. The van der Waals surface area contributed by atoms with E-state index in [4.69, 9.17) is 29.4 Å². The summed E-state index contributed by atoms with van der Waals surface area (Å²) in [6.45, 7) is 12.9. The topological polar surface area (TPSA) is 161 Å². The van der Waals surface area contributed by atoms with Gasteiger partial charge in [0.1, 0.15) is 11.6 Å². The average molecular weight is 554 g/mol. The minimum Gasteiger partial charge on any atom is -0.480 e. The Hall–Kier alpha value is -3.34. The SMILES string of the molecule is CCC(C)COC(=O)Oc1ccc(CC(N)(C[C@H](C)OC(=O)C(C)C)C(=O)O)cc1OC(=O)OCC(C)CC. The van der Waals surface area contributed by atoms with Crippen molar-refractivity contribution in [3.05, 3.63) is 23.8 Å². The first-order valence-corrected chi connectivity index (χ1v) is 13.3. The molecule has 3 unspecified atom stereocenters. The molecule has 1 aromatic rings. The summed E-state index contributed by atoms with van der Waals surface area (Å²) < 4.78 is 26.1. The third-order valence-corrected chi connectivity index (χ3v) is 6.15. The van der Waals surface area contributed by atoms with Gasteiger partial charge in [0.2, 0.25) is 0 Å². The highest BCUT2D eigenvalue weighted by molar-refractivity contribution is 5.79. The zero-order valence-electron chi connectivity index (χ0n) is 24.0. The second kappa shape index (κ2) is 15.9. The van der Waals surface area contributed by atoms with E-state index in [0.717, 1.165) is 12.8 Å². The normalized spacial score (nSPS) is 14.9. The Bertz CT molecular complexity index is 979. The van der Waals surface area contributed by atoms with Crippen molar-refractivity contribution in [3.63, 3.8) is 0 Å². The monoisotopic (exact) mass is 553 g/mol. The number of nitrogens with two attached hydrogens (primary N) is 1. The Morgan fingerprint density at radius 3 is 1.85 bits per heavy atom. The molecule has 0 saturated heterocycles. The first-order valence-electron chi connectivity index (χ1n) is 13.3. The van der Waals surface area contributed by atoms with Crippen molar-refractivity contribution in [2.75, 3.05) is 13.2 Å². The maximum absolute atomic E-state index is 12.3. The highest BCUT2D eigenvalue weighted by Gasteiger charge is 2.37. The van der Waals surface area contributed by atoms with E-state index in [0.29, 0.717) is 5.56 Å². The number of rotatable bonds is 15. The van der Waals surface area contributed by atoms with Crippen LogP contribution in [0.3, 0.4) is 0 Å². The van der Waals surface area contributed by atoms with Gasteiger partial charge in [0.25, 0.3) is 0 Å². The molecule has 3 N–H and O–H groups in total. The number of benzene rings is 1. The summed E-state index contributed by atoms with van der Waals surface area (Å²) in [5.41, 5.74) is 4.80. The fraction of sp³-hybridized carbons (Fsp3) is 0.643. The summed E-state index contributed by atoms with van der Waals surface area (Å²) in [4.78, 5) is 48.6.